The summed E-state index contributed by atoms with van der Waals surface area (Å²) in [4.78, 5) is 0. The summed E-state index contributed by atoms with van der Waals surface area (Å²) in [5, 5.41) is 0. The summed E-state index contributed by atoms with van der Waals surface area (Å²) >= 11 is 6.90. The molecule has 0 saturated carbocycles. The predicted molar refractivity (Wildman–Crippen MR) is 50.1 cm³/mol. The summed E-state index contributed by atoms with van der Waals surface area (Å²) in [6, 6.07) is 4.08. The molecular weight excluding hydrogens is 258 g/mol. The van der Waals surface area contributed by atoms with Crippen molar-refractivity contribution in [2.75, 3.05) is 0 Å². The van der Waals surface area contributed by atoms with Crippen LogP contribution in [0.25, 0.3) is 0 Å². The molecule has 1 nitrogen and oxygen atoms in total. The predicted octanol–water partition coefficient (Wildman–Crippen LogP) is 3.42. The van der Waals surface area contributed by atoms with Crippen molar-refractivity contribution >= 4 is 31.9 Å². The quantitative estimate of drug-likeness (QED) is 0.773. The fourth-order valence-corrected chi connectivity index (χ4v) is 2.10. The van der Waals surface area contributed by atoms with Crippen molar-refractivity contribution in [1.29, 1.82) is 0 Å². The molecule has 0 aliphatic heterocycles. The Kier molecular flexibility index (Phi) is 2.98. The van der Waals surface area contributed by atoms with Gasteiger partial charge in [0, 0.05) is 6.54 Å². The minimum absolute atomic E-state index is 1.06. The molecule has 0 fully saturated rings. The van der Waals surface area contributed by atoms with E-state index < -0.39 is 0 Å². The van der Waals surface area contributed by atoms with Crippen molar-refractivity contribution in [2.24, 2.45) is 0 Å². The van der Waals surface area contributed by atoms with Crippen molar-refractivity contribution in [1.82, 2.24) is 4.57 Å². The van der Waals surface area contributed by atoms with Gasteiger partial charge in [0.05, 0.1) is 9.21 Å². The van der Waals surface area contributed by atoms with E-state index in [1.807, 2.05) is 12.1 Å². The molecule has 56 valence electrons. The highest BCUT2D eigenvalue weighted by atomic mass is 79.9. The van der Waals surface area contributed by atoms with Gasteiger partial charge < -0.3 is 4.57 Å². The lowest BCUT2D eigenvalue weighted by atomic mass is 10.5. The molecule has 0 aliphatic rings. The lowest BCUT2D eigenvalue weighted by Crippen LogP contribution is -1.95. The number of halogens is 2. The Balaban J connectivity index is 2.87. The third-order valence-corrected chi connectivity index (χ3v) is 2.71. The first-order valence-corrected chi connectivity index (χ1v) is 4.85. The zero-order valence-electron chi connectivity index (χ0n) is 5.77. The fraction of sp³-hybridized carbons (Fsp3) is 0.429. The highest BCUT2D eigenvalue weighted by Crippen LogP contribution is 2.20. The van der Waals surface area contributed by atoms with Crippen LogP contribution in [-0.2, 0) is 6.54 Å². The molecule has 3 heteroatoms. The SMILES string of the molecule is CCCn1c(Br)ccc1Br. The molecule has 0 bridgehead atoms. The molecule has 1 rings (SSSR count). The molecule has 0 atom stereocenters. The van der Waals surface area contributed by atoms with Crippen molar-refractivity contribution in [3.05, 3.63) is 21.3 Å². The second kappa shape index (κ2) is 3.58. The van der Waals surface area contributed by atoms with Crippen LogP contribution in [0.5, 0.6) is 0 Å². The number of aromatic nitrogens is 1. The second-order valence-corrected chi connectivity index (χ2v) is 3.76. The van der Waals surface area contributed by atoms with E-state index in [-0.39, 0.29) is 0 Å². The molecule has 0 N–H and O–H groups in total. The molecular formula is C7H9Br2N. The third kappa shape index (κ3) is 1.64. The molecule has 0 spiro atoms. The first kappa shape index (κ1) is 8.34. The zero-order chi connectivity index (χ0) is 7.56. The summed E-state index contributed by atoms with van der Waals surface area (Å²) in [7, 11) is 0. The second-order valence-electron chi connectivity index (χ2n) is 2.13. The molecule has 0 amide bonds. The Labute approximate surface area is 77.7 Å². The van der Waals surface area contributed by atoms with E-state index in [0.717, 1.165) is 22.2 Å². The Morgan fingerprint density at radius 3 is 2.20 bits per heavy atom. The Bertz CT molecular complexity index is 198. The third-order valence-electron chi connectivity index (χ3n) is 1.32. The van der Waals surface area contributed by atoms with Gasteiger partial charge in [0.15, 0.2) is 0 Å². The van der Waals surface area contributed by atoms with Crippen molar-refractivity contribution in [2.45, 2.75) is 19.9 Å². The van der Waals surface area contributed by atoms with E-state index in [9.17, 15) is 0 Å². The summed E-state index contributed by atoms with van der Waals surface area (Å²) in [6.07, 6.45) is 1.16. The monoisotopic (exact) mass is 265 g/mol. The summed E-state index contributed by atoms with van der Waals surface area (Å²) in [6.45, 7) is 3.23. The van der Waals surface area contributed by atoms with Crippen LogP contribution in [0, 0.1) is 0 Å². The van der Waals surface area contributed by atoms with Crippen LogP contribution in [0.3, 0.4) is 0 Å². The normalized spacial score (nSPS) is 10.3. The van der Waals surface area contributed by atoms with Gasteiger partial charge in [0.1, 0.15) is 0 Å². The minimum atomic E-state index is 1.06. The summed E-state index contributed by atoms with van der Waals surface area (Å²) < 4.78 is 4.46. The molecule has 0 aromatic carbocycles. The van der Waals surface area contributed by atoms with E-state index in [0.29, 0.717) is 0 Å². The van der Waals surface area contributed by atoms with Gasteiger partial charge in [-0.05, 0) is 50.4 Å². The van der Waals surface area contributed by atoms with E-state index in [1.54, 1.807) is 0 Å². The van der Waals surface area contributed by atoms with Gasteiger partial charge in [-0.25, -0.2) is 0 Å². The summed E-state index contributed by atoms with van der Waals surface area (Å²) in [5.41, 5.74) is 0. The van der Waals surface area contributed by atoms with E-state index in [1.165, 1.54) is 0 Å². The average molecular weight is 267 g/mol. The summed E-state index contributed by atoms with van der Waals surface area (Å²) in [5.74, 6) is 0. The molecule has 0 aliphatic carbocycles. The van der Waals surface area contributed by atoms with Crippen molar-refractivity contribution in [3.8, 4) is 0 Å². The van der Waals surface area contributed by atoms with Crippen LogP contribution >= 0.6 is 31.9 Å². The lowest BCUT2D eigenvalue weighted by molar-refractivity contribution is 0.659. The highest BCUT2D eigenvalue weighted by Gasteiger charge is 2.00. The lowest BCUT2D eigenvalue weighted by Gasteiger charge is -2.03. The van der Waals surface area contributed by atoms with Crippen LogP contribution in [0.2, 0.25) is 0 Å². The highest BCUT2D eigenvalue weighted by molar-refractivity contribution is 9.11. The van der Waals surface area contributed by atoms with Gasteiger partial charge in [-0.1, -0.05) is 6.92 Å². The van der Waals surface area contributed by atoms with Crippen LogP contribution in [-0.4, -0.2) is 4.57 Å². The molecule has 1 heterocycles. The van der Waals surface area contributed by atoms with E-state index >= 15 is 0 Å². The Morgan fingerprint density at radius 2 is 1.80 bits per heavy atom. The maximum absolute atomic E-state index is 3.45. The van der Waals surface area contributed by atoms with Crippen molar-refractivity contribution < 1.29 is 0 Å². The fourth-order valence-electron chi connectivity index (χ4n) is 0.857. The van der Waals surface area contributed by atoms with Gasteiger partial charge in [-0.2, -0.15) is 0 Å². The first-order chi connectivity index (χ1) is 4.75. The average Bonchev–Trinajstić information content (AvgIpc) is 2.20. The van der Waals surface area contributed by atoms with Crippen LogP contribution in [0.4, 0.5) is 0 Å². The molecule has 0 saturated heterocycles. The number of nitrogens with zero attached hydrogens (tertiary/aromatic N) is 1. The Hall–Kier alpha value is 0.240. The largest absolute Gasteiger partial charge is 0.330 e. The van der Waals surface area contributed by atoms with Crippen LogP contribution in [0.1, 0.15) is 13.3 Å². The van der Waals surface area contributed by atoms with Gasteiger partial charge >= 0.3 is 0 Å². The maximum Gasteiger partial charge on any atom is 0.0855 e. The van der Waals surface area contributed by atoms with Crippen LogP contribution in [0.15, 0.2) is 21.3 Å². The van der Waals surface area contributed by atoms with E-state index in [2.05, 4.69) is 43.4 Å². The molecule has 10 heavy (non-hydrogen) atoms. The van der Waals surface area contributed by atoms with Gasteiger partial charge in [0.25, 0.3) is 0 Å². The van der Waals surface area contributed by atoms with Crippen LogP contribution < -0.4 is 0 Å². The molecule has 0 radical (unpaired) electrons. The molecule has 1 aromatic heterocycles. The van der Waals surface area contributed by atoms with Crippen molar-refractivity contribution in [3.63, 3.8) is 0 Å². The van der Waals surface area contributed by atoms with Gasteiger partial charge in [0.2, 0.25) is 0 Å². The standard InChI is InChI=1S/C7H9Br2N/c1-2-5-10-6(8)3-4-7(10)9/h3-4H,2,5H2,1H3. The number of rotatable bonds is 2. The first-order valence-electron chi connectivity index (χ1n) is 3.26. The van der Waals surface area contributed by atoms with Gasteiger partial charge in [-0.15, -0.1) is 0 Å². The minimum Gasteiger partial charge on any atom is -0.330 e. The smallest absolute Gasteiger partial charge is 0.0855 e. The Morgan fingerprint density at radius 1 is 1.30 bits per heavy atom. The topological polar surface area (TPSA) is 4.93 Å². The molecule has 1 aromatic rings. The maximum atomic E-state index is 3.45. The number of hydrogen-bond donors (Lipinski definition) is 0. The van der Waals surface area contributed by atoms with Gasteiger partial charge in [-0.3, -0.25) is 0 Å². The molecule has 0 unspecified atom stereocenters. The van der Waals surface area contributed by atoms with E-state index in [4.69, 9.17) is 0 Å². The number of hydrogen-bond acceptors (Lipinski definition) is 0. The zero-order valence-corrected chi connectivity index (χ0v) is 8.94.